The van der Waals surface area contributed by atoms with Gasteiger partial charge >= 0.3 is 37.7 Å². The number of unbranched alkanes of at least 4 members (excludes halogenated alkanes) is 12. The number of hydrogen-bond donors (Lipinski definition) is 2. The molecule has 10 nitrogen and oxygen atoms in total. The van der Waals surface area contributed by atoms with Crippen LogP contribution >= 0.6 is 0 Å². The van der Waals surface area contributed by atoms with Gasteiger partial charge in [0.05, 0.1) is 9.79 Å². The molecule has 4 aromatic rings. The quantitative estimate of drug-likeness (QED) is 0.0441. The monoisotopic (exact) mass is 822 g/mol. The van der Waals surface area contributed by atoms with Crippen LogP contribution in [0.25, 0.3) is 0 Å². The van der Waals surface area contributed by atoms with Crippen molar-refractivity contribution in [3.8, 4) is 34.5 Å². The number of benzene rings is 4. The number of aryl methyl sites for hydroxylation is 2. The molecule has 55 heavy (non-hydrogen) atoms. The van der Waals surface area contributed by atoms with Crippen molar-refractivity contribution in [1.82, 2.24) is 0 Å². The average molecular weight is 823 g/mol. The smallest absolute Gasteiger partial charge is 0.872 e. The second kappa shape index (κ2) is 25.4. The normalized spacial score (nSPS) is 11.3. The van der Waals surface area contributed by atoms with Crippen LogP contribution in [0.3, 0.4) is 0 Å². The zero-order valence-electron chi connectivity index (χ0n) is 32.1. The summed E-state index contributed by atoms with van der Waals surface area (Å²) in [6, 6.07) is 20.8. The van der Waals surface area contributed by atoms with Crippen LogP contribution in [0, 0.1) is 0 Å². The van der Waals surface area contributed by atoms with Gasteiger partial charge in [0.2, 0.25) is 0 Å². The Kier molecular flexibility index (Phi) is 22.3. The first-order valence-electron chi connectivity index (χ1n) is 18.9. The van der Waals surface area contributed by atoms with Crippen molar-refractivity contribution in [1.29, 1.82) is 0 Å². The topological polar surface area (TPSA) is 173 Å². The van der Waals surface area contributed by atoms with E-state index in [-0.39, 0.29) is 64.8 Å². The molecule has 0 saturated carbocycles. The minimum absolute atomic E-state index is 0. The third kappa shape index (κ3) is 18.8. The van der Waals surface area contributed by atoms with E-state index in [9.17, 15) is 31.6 Å². The minimum Gasteiger partial charge on any atom is -0.872 e. The molecular formula is C42H54CaO10S2. The maximum Gasteiger partial charge on any atom is 2.00 e. The second-order valence-corrected chi connectivity index (χ2v) is 16.2. The van der Waals surface area contributed by atoms with Crippen molar-refractivity contribution >= 4 is 58.0 Å². The summed E-state index contributed by atoms with van der Waals surface area (Å²) in [5.41, 5.74) is 1.50. The van der Waals surface area contributed by atoms with E-state index in [1.165, 1.54) is 107 Å². The molecule has 0 fully saturated rings. The van der Waals surface area contributed by atoms with Crippen LogP contribution < -0.4 is 14.6 Å². The van der Waals surface area contributed by atoms with Crippen molar-refractivity contribution < 1.29 is 45.6 Å². The van der Waals surface area contributed by atoms with Crippen LogP contribution in [0.1, 0.15) is 115 Å². The van der Waals surface area contributed by atoms with Crippen molar-refractivity contribution in [2.45, 2.75) is 126 Å². The van der Waals surface area contributed by atoms with Crippen molar-refractivity contribution in [2.75, 3.05) is 0 Å². The molecule has 296 valence electrons. The molecule has 0 aliphatic heterocycles. The van der Waals surface area contributed by atoms with Crippen LogP contribution in [0.2, 0.25) is 0 Å². The maximum absolute atomic E-state index is 12.0. The second-order valence-electron chi connectivity index (χ2n) is 13.4. The standard InChI is InChI=1S/2C21H28O5S.Ca/c2*1-2-3-4-5-6-7-8-10-17-15-19(13-14-21(17)22)26-18-11-9-12-20(16-18)27(23,24)25;/h2*9,11-16,22H,2-8,10H2,1H3,(H,23,24,25);/q;;+2/p-2. The molecule has 0 aliphatic rings. The number of ether oxygens (including phenoxy) is 2. The summed E-state index contributed by atoms with van der Waals surface area (Å²) >= 11 is 0. The van der Waals surface area contributed by atoms with Gasteiger partial charge in [-0.3, -0.25) is 4.55 Å². The first-order valence-corrected chi connectivity index (χ1v) is 21.8. The summed E-state index contributed by atoms with van der Waals surface area (Å²) < 4.78 is 76.3. The van der Waals surface area contributed by atoms with Crippen LogP contribution in [0.15, 0.2) is 94.7 Å². The van der Waals surface area contributed by atoms with Crippen molar-refractivity contribution in [3.63, 3.8) is 0 Å². The number of rotatable bonds is 22. The van der Waals surface area contributed by atoms with E-state index >= 15 is 0 Å². The van der Waals surface area contributed by atoms with Gasteiger partial charge in [0.1, 0.15) is 38.9 Å². The third-order valence-electron chi connectivity index (χ3n) is 8.85. The van der Waals surface area contributed by atoms with E-state index < -0.39 is 20.2 Å². The molecular weight excluding hydrogens is 769 g/mol. The molecule has 0 radical (unpaired) electrons. The molecule has 0 spiro atoms. The minimum atomic E-state index is -4.54. The van der Waals surface area contributed by atoms with E-state index in [4.69, 9.17) is 14.0 Å². The zero-order chi connectivity index (χ0) is 39.4. The third-order valence-corrected chi connectivity index (χ3v) is 10.5. The first-order chi connectivity index (χ1) is 25.8. The molecule has 0 aromatic heterocycles. The van der Waals surface area contributed by atoms with E-state index in [0.717, 1.165) is 37.7 Å². The number of phenolic OH excluding ortho intramolecular Hbond substituents is 1. The molecule has 2 N–H and O–H groups in total. The first kappa shape index (κ1) is 48.3. The van der Waals surface area contributed by atoms with Gasteiger partial charge in [0, 0.05) is 6.07 Å². The molecule has 0 amide bonds. The largest absolute Gasteiger partial charge is 2.00 e. The SMILES string of the molecule is CCCCCCCCCc1cc(Oc2cccc(S(=O)(=O)O)c2)ccc1O.CCCCCCCCCc1cc(Oc2cccc(S(=O)(=O)[O-])c2)ccc1[O-].[Ca+2]. The van der Waals surface area contributed by atoms with Gasteiger partial charge in [0.15, 0.2) is 0 Å². The fourth-order valence-corrected chi connectivity index (χ4v) is 6.87. The molecule has 4 aromatic carbocycles. The molecule has 0 aliphatic carbocycles. The Morgan fingerprint density at radius 3 is 1.47 bits per heavy atom. The van der Waals surface area contributed by atoms with Gasteiger partial charge in [-0.25, -0.2) is 8.42 Å². The van der Waals surface area contributed by atoms with E-state index in [2.05, 4.69) is 13.8 Å². The van der Waals surface area contributed by atoms with Gasteiger partial charge in [0.25, 0.3) is 10.1 Å². The molecule has 0 heterocycles. The predicted molar refractivity (Wildman–Crippen MR) is 214 cm³/mol. The van der Waals surface area contributed by atoms with Gasteiger partial charge in [-0.05, 0) is 91.9 Å². The number of phenols is 1. The summed E-state index contributed by atoms with van der Waals surface area (Å²) in [5, 5.41) is 22.1. The molecule has 0 bridgehead atoms. The van der Waals surface area contributed by atoms with Crippen LogP contribution in [0.4, 0.5) is 0 Å². The van der Waals surface area contributed by atoms with Gasteiger partial charge in [-0.2, -0.15) is 8.42 Å². The summed E-state index contributed by atoms with van der Waals surface area (Å²) in [6.45, 7) is 4.40. The number of hydrogen-bond acceptors (Lipinski definition) is 9. The average Bonchev–Trinajstić information content (AvgIpc) is 3.13. The summed E-state index contributed by atoms with van der Waals surface area (Å²) in [6.07, 6.45) is 18.1. The Morgan fingerprint density at radius 2 is 0.964 bits per heavy atom. The van der Waals surface area contributed by atoms with Crippen molar-refractivity contribution in [3.05, 3.63) is 96.1 Å². The summed E-state index contributed by atoms with van der Waals surface area (Å²) in [5.74, 6) is 1.72. The summed E-state index contributed by atoms with van der Waals surface area (Å²) in [4.78, 5) is -0.564. The predicted octanol–water partition coefficient (Wildman–Crippen LogP) is 10.1. The molecule has 4 rings (SSSR count). The molecule has 0 unspecified atom stereocenters. The fraction of sp³-hybridized carbons (Fsp3) is 0.429. The van der Waals surface area contributed by atoms with E-state index in [0.29, 0.717) is 29.2 Å². The molecule has 0 atom stereocenters. The van der Waals surface area contributed by atoms with Gasteiger partial charge in [-0.15, -0.1) is 5.75 Å². The fourth-order valence-electron chi connectivity index (χ4n) is 5.85. The molecule has 13 heteroatoms. The molecule has 0 saturated heterocycles. The zero-order valence-corrected chi connectivity index (χ0v) is 35.9. The maximum atomic E-state index is 12.0. The van der Waals surface area contributed by atoms with Crippen molar-refractivity contribution in [2.24, 2.45) is 0 Å². The van der Waals surface area contributed by atoms with Crippen LogP contribution in [0.5, 0.6) is 34.5 Å². The Balaban J connectivity index is 0.000000373. The summed E-state index contributed by atoms with van der Waals surface area (Å²) in [7, 11) is -8.81. The van der Waals surface area contributed by atoms with Crippen LogP contribution in [-0.4, -0.2) is 68.8 Å². The Morgan fingerprint density at radius 1 is 0.545 bits per heavy atom. The Labute approximate surface area is 357 Å². The Bertz CT molecular complexity index is 1810. The van der Waals surface area contributed by atoms with E-state index in [1.54, 1.807) is 42.5 Å². The van der Waals surface area contributed by atoms with Gasteiger partial charge < -0.3 is 24.2 Å². The van der Waals surface area contributed by atoms with E-state index in [1.807, 2.05) is 0 Å². The van der Waals surface area contributed by atoms with Gasteiger partial charge in [-0.1, -0.05) is 115 Å². The number of aromatic hydroxyl groups is 1. The Hall–Kier alpha value is -2.84. The van der Waals surface area contributed by atoms with Crippen LogP contribution in [-0.2, 0) is 33.1 Å².